The van der Waals surface area contributed by atoms with Gasteiger partial charge in [-0.15, -0.1) is 0 Å². The van der Waals surface area contributed by atoms with E-state index in [1.807, 2.05) is 0 Å². The molecule has 0 aliphatic heterocycles. The van der Waals surface area contributed by atoms with Gasteiger partial charge in [0.2, 0.25) is 5.95 Å². The molecule has 0 bridgehead atoms. The van der Waals surface area contributed by atoms with Crippen LogP contribution >= 0.6 is 0 Å². The van der Waals surface area contributed by atoms with E-state index < -0.39 is 30.0 Å². The molecule has 13 heavy (non-hydrogen) atoms. The lowest BCUT2D eigenvalue weighted by Crippen LogP contribution is -2.13. The van der Waals surface area contributed by atoms with Gasteiger partial charge in [0.05, 0.1) is 6.61 Å². The molecule has 0 unspecified atom stereocenters. The molecule has 0 saturated carbocycles. The van der Waals surface area contributed by atoms with Gasteiger partial charge in [-0.3, -0.25) is 0 Å². The number of nitrogens with zero attached hydrogens (tertiary/aromatic N) is 1. The third-order valence-corrected chi connectivity index (χ3v) is 1.38. The maximum absolute atomic E-state index is 12.3. The molecule has 0 aliphatic rings. The van der Waals surface area contributed by atoms with Gasteiger partial charge < -0.3 is 5.11 Å². The summed E-state index contributed by atoms with van der Waals surface area (Å²) >= 11 is 0. The zero-order valence-electron chi connectivity index (χ0n) is 6.27. The van der Waals surface area contributed by atoms with Gasteiger partial charge in [0, 0.05) is 5.56 Å². The molecule has 6 heteroatoms. The first kappa shape index (κ1) is 9.91. The van der Waals surface area contributed by atoms with Crippen molar-refractivity contribution in [3.8, 4) is 0 Å². The van der Waals surface area contributed by atoms with Crippen LogP contribution in [0, 0.1) is 5.95 Å². The van der Waals surface area contributed by atoms with Gasteiger partial charge in [0.15, 0.2) is 5.69 Å². The second-order valence-corrected chi connectivity index (χ2v) is 2.30. The van der Waals surface area contributed by atoms with E-state index in [4.69, 9.17) is 5.11 Å². The molecule has 1 heterocycles. The number of aliphatic hydroxyl groups is 1. The summed E-state index contributed by atoms with van der Waals surface area (Å²) in [5.41, 5.74) is -1.82. The molecule has 0 aromatic carbocycles. The Hall–Kier alpha value is -1.17. The molecule has 0 aliphatic carbocycles. The van der Waals surface area contributed by atoms with Gasteiger partial charge in [-0.1, -0.05) is 6.07 Å². The van der Waals surface area contributed by atoms with Crippen LogP contribution in [0.3, 0.4) is 0 Å². The summed E-state index contributed by atoms with van der Waals surface area (Å²) in [4.78, 5) is 2.66. The van der Waals surface area contributed by atoms with Crippen LogP contribution < -0.4 is 0 Å². The van der Waals surface area contributed by atoms with Crippen molar-refractivity contribution in [2.24, 2.45) is 0 Å². The number of pyridine rings is 1. The highest BCUT2D eigenvalue weighted by Gasteiger charge is 2.35. The Balaban J connectivity index is 3.24. The second kappa shape index (κ2) is 3.29. The van der Waals surface area contributed by atoms with Gasteiger partial charge in [0.1, 0.15) is 0 Å². The maximum atomic E-state index is 12.3. The molecule has 0 radical (unpaired) electrons. The van der Waals surface area contributed by atoms with E-state index in [1.165, 1.54) is 0 Å². The predicted octanol–water partition coefficient (Wildman–Crippen LogP) is 1.73. The molecule has 0 spiro atoms. The summed E-state index contributed by atoms with van der Waals surface area (Å²) in [6.07, 6.45) is -4.74. The first-order valence-electron chi connectivity index (χ1n) is 3.28. The van der Waals surface area contributed by atoms with Crippen molar-refractivity contribution in [1.82, 2.24) is 4.98 Å². The molecule has 1 N–H and O–H groups in total. The van der Waals surface area contributed by atoms with Gasteiger partial charge in [-0.2, -0.15) is 17.6 Å². The second-order valence-electron chi connectivity index (χ2n) is 2.30. The van der Waals surface area contributed by atoms with Crippen LogP contribution in [-0.2, 0) is 12.8 Å². The van der Waals surface area contributed by atoms with E-state index in [2.05, 4.69) is 4.98 Å². The maximum Gasteiger partial charge on any atom is 0.433 e. The molecule has 0 amide bonds. The Morgan fingerprint density at radius 2 is 1.92 bits per heavy atom. The molecular formula is C7H5F4NO. The van der Waals surface area contributed by atoms with Crippen LogP contribution in [-0.4, -0.2) is 10.1 Å². The van der Waals surface area contributed by atoms with Crippen LogP contribution in [0.2, 0.25) is 0 Å². The van der Waals surface area contributed by atoms with E-state index in [9.17, 15) is 17.6 Å². The number of aliphatic hydroxyl groups excluding tert-OH is 1. The molecule has 1 aromatic rings. The van der Waals surface area contributed by atoms with E-state index in [-0.39, 0.29) is 0 Å². The summed E-state index contributed by atoms with van der Waals surface area (Å²) in [5.74, 6) is -1.22. The highest BCUT2D eigenvalue weighted by atomic mass is 19.4. The van der Waals surface area contributed by atoms with E-state index in [0.29, 0.717) is 0 Å². The highest BCUT2D eigenvalue weighted by molar-refractivity contribution is 5.21. The fourth-order valence-electron chi connectivity index (χ4n) is 0.837. The lowest BCUT2D eigenvalue weighted by Gasteiger charge is -2.09. The summed E-state index contributed by atoms with van der Waals surface area (Å²) in [6.45, 7) is -0.817. The average molecular weight is 195 g/mol. The fraction of sp³-hybridized carbons (Fsp3) is 0.286. The van der Waals surface area contributed by atoms with Crippen LogP contribution in [0.5, 0.6) is 0 Å². The highest BCUT2D eigenvalue weighted by Crippen LogP contribution is 2.30. The third kappa shape index (κ3) is 2.15. The lowest BCUT2D eigenvalue weighted by molar-refractivity contribution is -0.142. The van der Waals surface area contributed by atoms with E-state index in [0.717, 1.165) is 12.1 Å². The minimum absolute atomic E-state index is 0.436. The molecular weight excluding hydrogens is 190 g/mol. The first-order chi connectivity index (χ1) is 5.95. The molecule has 0 fully saturated rings. The Bertz CT molecular complexity index is 310. The fourth-order valence-corrected chi connectivity index (χ4v) is 0.837. The quantitative estimate of drug-likeness (QED) is 0.546. The van der Waals surface area contributed by atoms with E-state index >= 15 is 0 Å². The van der Waals surface area contributed by atoms with Gasteiger partial charge in [-0.25, -0.2) is 4.98 Å². The van der Waals surface area contributed by atoms with Crippen LogP contribution in [0.4, 0.5) is 17.6 Å². The van der Waals surface area contributed by atoms with Gasteiger partial charge in [0.25, 0.3) is 0 Å². The number of alkyl halides is 3. The number of aromatic nitrogens is 1. The van der Waals surface area contributed by atoms with Crippen molar-refractivity contribution < 1.29 is 22.7 Å². The SMILES string of the molecule is OCc1ccc(F)nc1C(F)(F)F. The Morgan fingerprint density at radius 3 is 2.38 bits per heavy atom. The molecule has 1 rings (SSSR count). The number of hydrogen-bond donors (Lipinski definition) is 1. The molecule has 0 saturated heterocycles. The minimum atomic E-state index is -4.74. The average Bonchev–Trinajstić information content (AvgIpc) is 2.03. The van der Waals surface area contributed by atoms with Crippen molar-refractivity contribution in [3.63, 3.8) is 0 Å². The summed E-state index contributed by atoms with van der Waals surface area (Å²) < 4.78 is 48.5. The Kier molecular flexibility index (Phi) is 2.51. The van der Waals surface area contributed by atoms with Crippen LogP contribution in [0.25, 0.3) is 0 Å². The monoisotopic (exact) mass is 195 g/mol. The zero-order chi connectivity index (χ0) is 10.1. The van der Waals surface area contributed by atoms with E-state index in [1.54, 1.807) is 0 Å². The lowest BCUT2D eigenvalue weighted by atomic mass is 10.2. The molecule has 0 atom stereocenters. The van der Waals surface area contributed by atoms with Crippen molar-refractivity contribution in [2.75, 3.05) is 0 Å². The minimum Gasteiger partial charge on any atom is -0.392 e. The largest absolute Gasteiger partial charge is 0.433 e. The summed E-state index contributed by atoms with van der Waals surface area (Å²) in [7, 11) is 0. The summed E-state index contributed by atoms with van der Waals surface area (Å²) in [6, 6.07) is 1.62. The third-order valence-electron chi connectivity index (χ3n) is 1.38. The standard InChI is InChI=1S/C7H5F4NO/c8-5-2-1-4(3-13)6(12-5)7(9,10)11/h1-2,13H,3H2. The van der Waals surface area contributed by atoms with Crippen LogP contribution in [0.1, 0.15) is 11.3 Å². The Labute approximate surface area is 70.8 Å². The smallest absolute Gasteiger partial charge is 0.392 e. The number of hydrogen-bond acceptors (Lipinski definition) is 2. The molecule has 2 nitrogen and oxygen atoms in total. The first-order valence-corrected chi connectivity index (χ1v) is 3.28. The van der Waals surface area contributed by atoms with Gasteiger partial charge in [-0.05, 0) is 6.07 Å². The van der Waals surface area contributed by atoms with Crippen LogP contribution in [0.15, 0.2) is 12.1 Å². The predicted molar refractivity (Wildman–Crippen MR) is 35.1 cm³/mol. The van der Waals surface area contributed by atoms with Crippen molar-refractivity contribution in [2.45, 2.75) is 12.8 Å². The number of halogens is 4. The van der Waals surface area contributed by atoms with Crippen molar-refractivity contribution in [3.05, 3.63) is 29.3 Å². The number of rotatable bonds is 1. The van der Waals surface area contributed by atoms with Gasteiger partial charge >= 0.3 is 6.18 Å². The zero-order valence-corrected chi connectivity index (χ0v) is 6.27. The normalized spacial score (nSPS) is 11.8. The topological polar surface area (TPSA) is 33.1 Å². The van der Waals surface area contributed by atoms with Crippen molar-refractivity contribution in [1.29, 1.82) is 0 Å². The van der Waals surface area contributed by atoms with Crippen molar-refractivity contribution >= 4 is 0 Å². The summed E-state index contributed by atoms with van der Waals surface area (Å²) in [5, 5.41) is 8.51. The Morgan fingerprint density at radius 1 is 1.31 bits per heavy atom. The molecule has 72 valence electrons. The molecule has 1 aromatic heterocycles.